The van der Waals surface area contributed by atoms with Crippen molar-refractivity contribution in [2.45, 2.75) is 26.2 Å². The van der Waals surface area contributed by atoms with Crippen LogP contribution in [0, 0.1) is 0 Å². The number of hydrogen-bond donors (Lipinski definition) is 0. The molecule has 170 valence electrons. The second-order valence-electron chi connectivity index (χ2n) is 9.60. The van der Waals surface area contributed by atoms with Gasteiger partial charge >= 0.3 is 0 Å². The van der Waals surface area contributed by atoms with E-state index in [9.17, 15) is 4.79 Å². The molecule has 2 aliphatic heterocycles. The van der Waals surface area contributed by atoms with Crippen LogP contribution in [0.5, 0.6) is 0 Å². The summed E-state index contributed by atoms with van der Waals surface area (Å²) in [7, 11) is 2.13. The number of benzene rings is 2. The fraction of sp³-hybridized carbons (Fsp3) is 0.423. The van der Waals surface area contributed by atoms with Gasteiger partial charge in [0.1, 0.15) is 6.61 Å². The van der Waals surface area contributed by atoms with E-state index in [0.29, 0.717) is 23.9 Å². The van der Waals surface area contributed by atoms with Gasteiger partial charge in [0, 0.05) is 48.1 Å². The summed E-state index contributed by atoms with van der Waals surface area (Å²) in [5, 5.41) is 0.692. The van der Waals surface area contributed by atoms with Gasteiger partial charge in [0.15, 0.2) is 5.76 Å². The number of carbonyl (C=O) groups is 1. The molecule has 2 aliphatic rings. The number of halogens is 1. The molecule has 0 radical (unpaired) electrons. The van der Waals surface area contributed by atoms with Crippen LogP contribution in [0.3, 0.4) is 0 Å². The third kappa shape index (κ3) is 4.94. The lowest BCUT2D eigenvalue weighted by Gasteiger charge is -2.35. The average molecular weight is 454 g/mol. The van der Waals surface area contributed by atoms with Crippen LogP contribution in [0.25, 0.3) is 6.08 Å². The Morgan fingerprint density at radius 2 is 1.66 bits per heavy atom. The maximum Gasteiger partial charge on any atom is 0.293 e. The first kappa shape index (κ1) is 22.7. The number of ether oxygens (including phenoxy) is 1. The molecule has 0 saturated carbocycles. The SMILES string of the molecule is CN1CCN(c2cc(Cl)ccc2/C=C2\OCCN(c3ccc(C(C)(C)C)cc3)C2=O)CC1. The van der Waals surface area contributed by atoms with Gasteiger partial charge < -0.3 is 19.4 Å². The second kappa shape index (κ2) is 9.16. The monoisotopic (exact) mass is 453 g/mol. The molecule has 0 N–H and O–H groups in total. The number of anilines is 2. The maximum atomic E-state index is 13.3. The topological polar surface area (TPSA) is 36.0 Å². The van der Waals surface area contributed by atoms with E-state index in [-0.39, 0.29) is 11.3 Å². The number of rotatable bonds is 3. The van der Waals surface area contributed by atoms with Crippen LogP contribution in [0.1, 0.15) is 31.9 Å². The number of morpholine rings is 1. The summed E-state index contributed by atoms with van der Waals surface area (Å²) in [4.78, 5) is 19.7. The normalized spacial score (nSPS) is 19.4. The summed E-state index contributed by atoms with van der Waals surface area (Å²) in [6.45, 7) is 11.4. The van der Waals surface area contributed by atoms with Crippen molar-refractivity contribution in [2.24, 2.45) is 0 Å². The zero-order valence-electron chi connectivity index (χ0n) is 19.4. The lowest BCUT2D eigenvalue weighted by atomic mass is 9.87. The Bertz CT molecular complexity index is 1000. The van der Waals surface area contributed by atoms with Gasteiger partial charge in [0.05, 0.1) is 6.54 Å². The van der Waals surface area contributed by atoms with Gasteiger partial charge in [-0.15, -0.1) is 0 Å². The molecule has 5 nitrogen and oxygen atoms in total. The van der Waals surface area contributed by atoms with Crippen LogP contribution < -0.4 is 9.80 Å². The Labute approximate surface area is 196 Å². The number of piperazine rings is 1. The van der Waals surface area contributed by atoms with E-state index in [4.69, 9.17) is 16.3 Å². The molecule has 2 aromatic carbocycles. The minimum atomic E-state index is -0.112. The molecular weight excluding hydrogens is 422 g/mol. The number of nitrogens with zero attached hydrogens (tertiary/aromatic N) is 3. The molecule has 2 aromatic rings. The van der Waals surface area contributed by atoms with E-state index >= 15 is 0 Å². The predicted molar refractivity (Wildman–Crippen MR) is 133 cm³/mol. The van der Waals surface area contributed by atoms with E-state index in [0.717, 1.165) is 43.1 Å². The first-order valence-electron chi connectivity index (χ1n) is 11.2. The van der Waals surface area contributed by atoms with Gasteiger partial charge in [-0.1, -0.05) is 50.6 Å². The fourth-order valence-electron chi connectivity index (χ4n) is 4.14. The summed E-state index contributed by atoms with van der Waals surface area (Å²) in [6.07, 6.45) is 1.86. The molecular formula is C26H32ClN3O2. The Balaban J connectivity index is 1.60. The third-order valence-electron chi connectivity index (χ3n) is 6.20. The Hall–Kier alpha value is -2.50. The summed E-state index contributed by atoms with van der Waals surface area (Å²) in [5.41, 5.74) is 4.21. The van der Waals surface area contributed by atoms with Gasteiger partial charge in [-0.3, -0.25) is 4.79 Å². The van der Waals surface area contributed by atoms with Gasteiger partial charge in [0.2, 0.25) is 0 Å². The highest BCUT2D eigenvalue weighted by atomic mass is 35.5. The zero-order chi connectivity index (χ0) is 22.9. The van der Waals surface area contributed by atoms with Crippen LogP contribution in [-0.2, 0) is 14.9 Å². The van der Waals surface area contributed by atoms with E-state index in [1.54, 1.807) is 4.90 Å². The quantitative estimate of drug-likeness (QED) is 0.626. The van der Waals surface area contributed by atoms with Crippen molar-refractivity contribution in [1.29, 1.82) is 0 Å². The highest BCUT2D eigenvalue weighted by Gasteiger charge is 2.27. The van der Waals surface area contributed by atoms with Gasteiger partial charge in [-0.2, -0.15) is 0 Å². The summed E-state index contributed by atoms with van der Waals surface area (Å²) >= 11 is 6.32. The number of likely N-dealkylation sites (N-methyl/N-ethyl adjacent to an activating group) is 1. The molecule has 0 atom stereocenters. The number of carbonyl (C=O) groups excluding carboxylic acids is 1. The van der Waals surface area contributed by atoms with Crippen molar-refractivity contribution in [3.63, 3.8) is 0 Å². The van der Waals surface area contributed by atoms with Crippen molar-refractivity contribution < 1.29 is 9.53 Å². The zero-order valence-corrected chi connectivity index (χ0v) is 20.2. The first-order chi connectivity index (χ1) is 15.2. The minimum Gasteiger partial charge on any atom is -0.486 e. The predicted octanol–water partition coefficient (Wildman–Crippen LogP) is 4.79. The van der Waals surface area contributed by atoms with Crippen molar-refractivity contribution in [3.05, 3.63) is 64.4 Å². The molecule has 0 unspecified atom stereocenters. The van der Waals surface area contributed by atoms with Crippen molar-refractivity contribution in [1.82, 2.24) is 4.90 Å². The molecule has 2 heterocycles. The molecule has 0 aromatic heterocycles. The lowest BCUT2D eigenvalue weighted by Crippen LogP contribution is -2.44. The second-order valence-corrected chi connectivity index (χ2v) is 10.0. The third-order valence-corrected chi connectivity index (χ3v) is 6.43. The summed E-state index contributed by atoms with van der Waals surface area (Å²) in [6, 6.07) is 14.1. The van der Waals surface area contributed by atoms with Crippen LogP contribution in [-0.4, -0.2) is 57.2 Å². The van der Waals surface area contributed by atoms with Crippen LogP contribution in [0.4, 0.5) is 11.4 Å². The standard InChI is InChI=1S/C26H32ClN3O2/c1-26(2,3)20-6-9-22(10-7-20)30-15-16-32-24(25(30)31)17-19-5-8-21(27)18-23(19)29-13-11-28(4)12-14-29/h5-10,17-18H,11-16H2,1-4H3/b24-17-. The Morgan fingerprint density at radius 1 is 0.969 bits per heavy atom. The lowest BCUT2D eigenvalue weighted by molar-refractivity contribution is -0.120. The molecule has 2 saturated heterocycles. The smallest absolute Gasteiger partial charge is 0.293 e. The van der Waals surface area contributed by atoms with Gasteiger partial charge in [-0.25, -0.2) is 0 Å². The molecule has 6 heteroatoms. The number of hydrogen-bond acceptors (Lipinski definition) is 4. The van der Waals surface area contributed by atoms with Crippen molar-refractivity contribution in [3.8, 4) is 0 Å². The molecule has 4 rings (SSSR count). The highest BCUT2D eigenvalue weighted by molar-refractivity contribution is 6.31. The first-order valence-corrected chi connectivity index (χ1v) is 11.6. The summed E-state index contributed by atoms with van der Waals surface area (Å²) in [5.74, 6) is 0.257. The number of amides is 1. The van der Waals surface area contributed by atoms with Gasteiger partial charge in [0.25, 0.3) is 5.91 Å². The van der Waals surface area contributed by atoms with Gasteiger partial charge in [-0.05, 0) is 48.4 Å². The molecule has 0 bridgehead atoms. The van der Waals surface area contributed by atoms with Crippen molar-refractivity contribution in [2.75, 3.05) is 56.2 Å². The Morgan fingerprint density at radius 3 is 2.31 bits per heavy atom. The van der Waals surface area contributed by atoms with Crippen LogP contribution in [0.15, 0.2) is 48.2 Å². The largest absolute Gasteiger partial charge is 0.486 e. The molecule has 0 spiro atoms. The fourth-order valence-corrected chi connectivity index (χ4v) is 4.30. The highest BCUT2D eigenvalue weighted by Crippen LogP contribution is 2.30. The van der Waals surface area contributed by atoms with E-state index in [2.05, 4.69) is 49.8 Å². The van der Waals surface area contributed by atoms with E-state index in [1.807, 2.05) is 36.4 Å². The van der Waals surface area contributed by atoms with E-state index in [1.165, 1.54) is 5.56 Å². The van der Waals surface area contributed by atoms with Crippen molar-refractivity contribution >= 4 is 35.0 Å². The minimum absolute atomic E-state index is 0.0762. The summed E-state index contributed by atoms with van der Waals surface area (Å²) < 4.78 is 5.82. The maximum absolute atomic E-state index is 13.3. The molecule has 2 fully saturated rings. The van der Waals surface area contributed by atoms with E-state index < -0.39 is 0 Å². The van der Waals surface area contributed by atoms with Crippen LogP contribution in [0.2, 0.25) is 5.02 Å². The molecule has 32 heavy (non-hydrogen) atoms. The Kier molecular flexibility index (Phi) is 6.50. The average Bonchev–Trinajstić information content (AvgIpc) is 2.76. The van der Waals surface area contributed by atoms with Crippen LogP contribution >= 0.6 is 11.6 Å². The molecule has 1 amide bonds. The molecule has 0 aliphatic carbocycles.